The molecule has 35 heavy (non-hydrogen) atoms. The molecular formula is C18H32N6O11. The van der Waals surface area contributed by atoms with E-state index in [4.69, 9.17) is 31.2 Å². The van der Waals surface area contributed by atoms with Gasteiger partial charge < -0.3 is 57.5 Å². The van der Waals surface area contributed by atoms with Crippen LogP contribution in [-0.4, -0.2) is 115 Å². The number of primary amides is 2. The Morgan fingerprint density at radius 1 is 0.771 bits per heavy atom. The molecule has 3 atom stereocenters. The normalized spacial score (nSPS) is 13.1. The van der Waals surface area contributed by atoms with Gasteiger partial charge in [0.25, 0.3) is 0 Å². The summed E-state index contributed by atoms with van der Waals surface area (Å²) in [5.74, 6) is -4.47. The highest BCUT2D eigenvalue weighted by atomic mass is 16.5. The molecule has 17 nitrogen and oxygen atoms in total. The van der Waals surface area contributed by atoms with Crippen molar-refractivity contribution in [2.24, 2.45) is 11.5 Å². The van der Waals surface area contributed by atoms with E-state index in [0.29, 0.717) is 0 Å². The second-order valence-electron chi connectivity index (χ2n) is 6.90. The lowest BCUT2D eigenvalue weighted by Gasteiger charge is -2.19. The monoisotopic (exact) mass is 508 g/mol. The Labute approximate surface area is 199 Å². The third kappa shape index (κ3) is 15.1. The zero-order valence-corrected chi connectivity index (χ0v) is 18.9. The molecule has 0 radical (unpaired) electrons. The smallest absolute Gasteiger partial charge is 0.316 e. The standard InChI is InChI=1S/C18H32N6O11/c19-15(30)10(1-2-14(28)29)23-18(33)24-12(8-26)17(32)21-3-4-34-5-6-35-9-13(27)22-11(7-25)16(20)31/h10-12,25-26H,1-9H2,(H2,19,30)(H2,20,31)(H,21,32)(H,22,27)(H,28,29)(H2,23,24,33). The molecule has 0 aliphatic carbocycles. The van der Waals surface area contributed by atoms with Crippen molar-refractivity contribution in [2.75, 3.05) is 46.2 Å². The highest BCUT2D eigenvalue weighted by Crippen LogP contribution is 1.97. The lowest BCUT2D eigenvalue weighted by molar-refractivity contribution is -0.137. The SMILES string of the molecule is NC(=O)C(CO)NC(=O)COCCOCCNC(=O)C(CO)NC(=O)NC(CCC(=O)O)C(N)=O. The Morgan fingerprint density at radius 2 is 1.34 bits per heavy atom. The molecule has 200 valence electrons. The van der Waals surface area contributed by atoms with Crippen LogP contribution in [0, 0.1) is 0 Å². The number of carbonyl (C=O) groups excluding carboxylic acids is 5. The van der Waals surface area contributed by atoms with Crippen LogP contribution in [0.1, 0.15) is 12.8 Å². The van der Waals surface area contributed by atoms with Gasteiger partial charge in [0.05, 0.1) is 33.0 Å². The van der Waals surface area contributed by atoms with Gasteiger partial charge in [-0.3, -0.25) is 24.0 Å². The number of carboxylic acids is 1. The van der Waals surface area contributed by atoms with Crippen LogP contribution in [0.4, 0.5) is 4.79 Å². The van der Waals surface area contributed by atoms with Crippen molar-refractivity contribution in [1.82, 2.24) is 21.3 Å². The number of urea groups is 1. The van der Waals surface area contributed by atoms with E-state index in [1.54, 1.807) is 0 Å². The Balaban J connectivity index is 4.13. The number of aliphatic hydroxyl groups excluding tert-OH is 2. The summed E-state index contributed by atoms with van der Waals surface area (Å²) in [5, 5.41) is 35.7. The number of carboxylic acid groups (broad SMARTS) is 1. The van der Waals surface area contributed by atoms with E-state index in [2.05, 4.69) is 21.3 Å². The lowest BCUT2D eigenvalue weighted by atomic mass is 10.1. The Bertz CT molecular complexity index is 736. The molecular weight excluding hydrogens is 476 g/mol. The Morgan fingerprint density at radius 3 is 1.89 bits per heavy atom. The zero-order chi connectivity index (χ0) is 26.8. The predicted octanol–water partition coefficient (Wildman–Crippen LogP) is -5.52. The summed E-state index contributed by atoms with van der Waals surface area (Å²) < 4.78 is 10.2. The number of ether oxygens (including phenoxy) is 2. The van der Waals surface area contributed by atoms with Crippen molar-refractivity contribution in [3.05, 3.63) is 0 Å². The minimum absolute atomic E-state index is 0.00156. The summed E-state index contributed by atoms with van der Waals surface area (Å²) in [6.07, 6.45) is -0.675. The van der Waals surface area contributed by atoms with Crippen LogP contribution < -0.4 is 32.7 Å². The number of nitrogens with one attached hydrogen (secondary N) is 4. The molecule has 0 aromatic heterocycles. The quantitative estimate of drug-likeness (QED) is 0.0741. The van der Waals surface area contributed by atoms with Gasteiger partial charge in [-0.25, -0.2) is 4.79 Å². The van der Waals surface area contributed by atoms with E-state index >= 15 is 0 Å². The van der Waals surface area contributed by atoms with Crippen molar-refractivity contribution in [3.63, 3.8) is 0 Å². The minimum Gasteiger partial charge on any atom is -0.481 e. The van der Waals surface area contributed by atoms with Gasteiger partial charge in [-0.2, -0.15) is 0 Å². The average molecular weight is 508 g/mol. The van der Waals surface area contributed by atoms with Crippen molar-refractivity contribution in [3.8, 4) is 0 Å². The lowest BCUT2D eigenvalue weighted by Crippen LogP contribution is -2.55. The zero-order valence-electron chi connectivity index (χ0n) is 18.9. The van der Waals surface area contributed by atoms with Gasteiger partial charge in [0.1, 0.15) is 24.7 Å². The molecule has 0 aromatic carbocycles. The van der Waals surface area contributed by atoms with E-state index < -0.39 is 80.0 Å². The molecule has 0 fully saturated rings. The summed E-state index contributed by atoms with van der Waals surface area (Å²) in [4.78, 5) is 68.3. The van der Waals surface area contributed by atoms with Gasteiger partial charge in [-0.15, -0.1) is 0 Å². The molecule has 0 saturated carbocycles. The number of aliphatic hydroxyl groups is 2. The maximum absolute atomic E-state index is 12.1. The number of rotatable bonds is 19. The first-order valence-corrected chi connectivity index (χ1v) is 10.3. The third-order valence-electron chi connectivity index (χ3n) is 4.11. The largest absolute Gasteiger partial charge is 0.481 e. The second-order valence-corrected chi connectivity index (χ2v) is 6.90. The fourth-order valence-corrected chi connectivity index (χ4v) is 2.30. The molecule has 11 N–H and O–H groups in total. The fourth-order valence-electron chi connectivity index (χ4n) is 2.30. The molecule has 0 aliphatic heterocycles. The highest BCUT2D eigenvalue weighted by Gasteiger charge is 2.23. The Kier molecular flexibility index (Phi) is 16.1. The molecule has 3 unspecified atom stereocenters. The van der Waals surface area contributed by atoms with E-state index in [1.165, 1.54) is 0 Å². The number of hydrogen-bond donors (Lipinski definition) is 9. The maximum Gasteiger partial charge on any atom is 0.316 e. The molecule has 0 bridgehead atoms. The van der Waals surface area contributed by atoms with Crippen LogP contribution in [0.5, 0.6) is 0 Å². The molecule has 0 spiro atoms. The average Bonchev–Trinajstić information content (AvgIpc) is 2.79. The minimum atomic E-state index is -1.37. The van der Waals surface area contributed by atoms with Crippen LogP contribution in [0.3, 0.4) is 0 Å². The first-order valence-electron chi connectivity index (χ1n) is 10.3. The third-order valence-corrected chi connectivity index (χ3v) is 4.11. The molecule has 0 saturated heterocycles. The van der Waals surface area contributed by atoms with Gasteiger partial charge in [0, 0.05) is 13.0 Å². The van der Waals surface area contributed by atoms with Crippen molar-refractivity contribution in [2.45, 2.75) is 31.0 Å². The van der Waals surface area contributed by atoms with Gasteiger partial charge in [-0.05, 0) is 6.42 Å². The van der Waals surface area contributed by atoms with Crippen LogP contribution in [0.2, 0.25) is 0 Å². The number of carbonyl (C=O) groups is 6. The van der Waals surface area contributed by atoms with Gasteiger partial charge in [0.2, 0.25) is 23.6 Å². The summed E-state index contributed by atoms with van der Waals surface area (Å²) in [6, 6.07) is -4.87. The van der Waals surface area contributed by atoms with Crippen LogP contribution >= 0.6 is 0 Å². The van der Waals surface area contributed by atoms with Crippen molar-refractivity contribution in [1.29, 1.82) is 0 Å². The molecule has 0 aliphatic rings. The number of nitrogens with two attached hydrogens (primary N) is 2. The van der Waals surface area contributed by atoms with E-state index in [-0.39, 0.29) is 32.8 Å². The van der Waals surface area contributed by atoms with Gasteiger partial charge in [-0.1, -0.05) is 0 Å². The second kappa shape index (κ2) is 17.9. The molecule has 17 heteroatoms. The summed E-state index contributed by atoms with van der Waals surface area (Å²) in [7, 11) is 0. The van der Waals surface area contributed by atoms with Gasteiger partial charge >= 0.3 is 12.0 Å². The van der Waals surface area contributed by atoms with Crippen molar-refractivity contribution < 1.29 is 53.6 Å². The van der Waals surface area contributed by atoms with E-state index in [0.717, 1.165) is 0 Å². The van der Waals surface area contributed by atoms with Crippen LogP contribution in [0.25, 0.3) is 0 Å². The predicted molar refractivity (Wildman–Crippen MR) is 115 cm³/mol. The number of hydrogen-bond acceptors (Lipinski definition) is 10. The first kappa shape index (κ1) is 31.5. The molecule has 0 aromatic rings. The maximum atomic E-state index is 12.1. The van der Waals surface area contributed by atoms with E-state index in [9.17, 15) is 33.9 Å². The van der Waals surface area contributed by atoms with Crippen LogP contribution in [0.15, 0.2) is 0 Å². The van der Waals surface area contributed by atoms with Crippen molar-refractivity contribution >= 4 is 35.6 Å². The number of aliphatic carboxylic acids is 1. The highest BCUT2D eigenvalue weighted by molar-refractivity contribution is 5.90. The molecule has 0 heterocycles. The topological polar surface area (TPSA) is 282 Å². The van der Waals surface area contributed by atoms with Crippen LogP contribution in [-0.2, 0) is 33.4 Å². The summed E-state index contributed by atoms with van der Waals surface area (Å²) in [5.41, 5.74) is 10.1. The summed E-state index contributed by atoms with van der Waals surface area (Å²) in [6.45, 7) is -1.73. The molecule has 6 amide bonds. The fraction of sp³-hybridized carbons (Fsp3) is 0.667. The van der Waals surface area contributed by atoms with Gasteiger partial charge in [0.15, 0.2) is 0 Å². The Hall–Kier alpha value is -3.54. The number of amides is 6. The summed E-state index contributed by atoms with van der Waals surface area (Å²) >= 11 is 0. The van der Waals surface area contributed by atoms with E-state index in [1.807, 2.05) is 0 Å². The molecule has 0 rings (SSSR count). The first-order chi connectivity index (χ1) is 16.5.